The zero-order chi connectivity index (χ0) is 17.5. The fourth-order valence-electron chi connectivity index (χ4n) is 2.56. The summed E-state index contributed by atoms with van der Waals surface area (Å²) in [6, 6.07) is 10.2. The van der Waals surface area contributed by atoms with E-state index in [9.17, 15) is 13.6 Å². The molecule has 6 heteroatoms. The van der Waals surface area contributed by atoms with E-state index < -0.39 is 12.5 Å². The average molecular weight is 337 g/mol. The number of carbonyl (C=O) groups is 1. The summed E-state index contributed by atoms with van der Waals surface area (Å²) in [5, 5.41) is 13.2. The summed E-state index contributed by atoms with van der Waals surface area (Å²) in [6.45, 7) is -0.620. The fraction of sp³-hybridized carbons (Fsp3) is 0.389. The number of amides is 1. The van der Waals surface area contributed by atoms with E-state index in [-0.39, 0.29) is 23.8 Å². The molecule has 0 aliphatic rings. The van der Waals surface area contributed by atoms with Crippen molar-refractivity contribution in [3.63, 3.8) is 0 Å². The number of hydrogen-bond donors (Lipinski definition) is 2. The molecule has 1 atom stereocenters. The van der Waals surface area contributed by atoms with Crippen LogP contribution in [0.15, 0.2) is 36.4 Å². The molecule has 130 valence electrons. The number of nitrogens with one attached hydrogen (secondary N) is 1. The Bertz CT molecular complexity index is 691. The molecular formula is C18H21F2NO3. The Labute approximate surface area is 139 Å². The molecule has 2 rings (SSSR count). The predicted molar refractivity (Wildman–Crippen MR) is 88.4 cm³/mol. The Morgan fingerprint density at radius 2 is 1.92 bits per heavy atom. The van der Waals surface area contributed by atoms with Crippen LogP contribution in [-0.4, -0.2) is 30.8 Å². The number of carbonyl (C=O) groups excluding carboxylic acids is 1. The maximum absolute atomic E-state index is 12.7. The maximum Gasteiger partial charge on any atom is 0.387 e. The summed E-state index contributed by atoms with van der Waals surface area (Å²) >= 11 is 0. The van der Waals surface area contributed by atoms with Crippen LogP contribution in [0.5, 0.6) is 5.75 Å². The lowest BCUT2D eigenvalue weighted by Crippen LogP contribution is -2.30. The first-order chi connectivity index (χ1) is 11.5. The number of alkyl halides is 2. The van der Waals surface area contributed by atoms with E-state index in [4.69, 9.17) is 5.11 Å². The van der Waals surface area contributed by atoms with Gasteiger partial charge in [0, 0.05) is 13.2 Å². The predicted octanol–water partition coefficient (Wildman–Crippen LogP) is 3.58. The van der Waals surface area contributed by atoms with Gasteiger partial charge in [0.2, 0.25) is 0 Å². The molecular weight excluding hydrogens is 316 g/mol. The fourth-order valence-corrected chi connectivity index (χ4v) is 2.56. The van der Waals surface area contributed by atoms with Crippen molar-refractivity contribution < 1.29 is 23.4 Å². The van der Waals surface area contributed by atoms with Gasteiger partial charge in [0.25, 0.3) is 5.91 Å². The molecule has 4 nitrogen and oxygen atoms in total. The topological polar surface area (TPSA) is 58.6 Å². The Balaban J connectivity index is 2.25. The summed E-state index contributed by atoms with van der Waals surface area (Å²) < 4.78 is 29.8. The van der Waals surface area contributed by atoms with Crippen LogP contribution in [0.1, 0.15) is 30.1 Å². The monoisotopic (exact) mass is 337 g/mol. The lowest BCUT2D eigenvalue weighted by molar-refractivity contribution is -0.0500. The summed E-state index contributed by atoms with van der Waals surface area (Å²) in [7, 11) is 0. The zero-order valence-corrected chi connectivity index (χ0v) is 13.5. The maximum atomic E-state index is 12.7. The smallest absolute Gasteiger partial charge is 0.387 e. The first-order valence-electron chi connectivity index (χ1n) is 7.91. The minimum absolute atomic E-state index is 0.0457. The second-order valence-electron chi connectivity index (χ2n) is 5.57. The summed E-state index contributed by atoms with van der Waals surface area (Å²) in [5.41, 5.74) is 0.0767. The Morgan fingerprint density at radius 3 is 2.50 bits per heavy atom. The molecule has 0 heterocycles. The third-order valence-electron chi connectivity index (χ3n) is 3.97. The van der Waals surface area contributed by atoms with Gasteiger partial charge in [0.15, 0.2) is 0 Å². The van der Waals surface area contributed by atoms with Crippen molar-refractivity contribution >= 4 is 16.7 Å². The van der Waals surface area contributed by atoms with Crippen molar-refractivity contribution in [2.24, 2.45) is 5.92 Å². The van der Waals surface area contributed by atoms with E-state index in [1.807, 2.05) is 13.0 Å². The Hall–Kier alpha value is -2.21. The number of halogens is 2. The van der Waals surface area contributed by atoms with Crippen LogP contribution >= 0.6 is 0 Å². The van der Waals surface area contributed by atoms with Crippen LogP contribution in [0.4, 0.5) is 8.78 Å². The van der Waals surface area contributed by atoms with Crippen LogP contribution in [0.3, 0.4) is 0 Å². The van der Waals surface area contributed by atoms with Gasteiger partial charge in [-0.2, -0.15) is 8.78 Å². The molecule has 2 aromatic carbocycles. The van der Waals surface area contributed by atoms with Gasteiger partial charge in [-0.1, -0.05) is 37.6 Å². The first-order valence-corrected chi connectivity index (χ1v) is 7.91. The molecule has 1 unspecified atom stereocenters. The normalized spacial score (nSPS) is 12.4. The lowest BCUT2D eigenvalue weighted by atomic mass is 10.0. The number of ether oxygens (including phenoxy) is 1. The Morgan fingerprint density at radius 1 is 1.25 bits per heavy atom. The van der Waals surface area contributed by atoms with Gasteiger partial charge >= 0.3 is 6.61 Å². The van der Waals surface area contributed by atoms with E-state index in [2.05, 4.69) is 10.1 Å². The molecule has 0 bridgehead atoms. The molecule has 0 saturated carbocycles. The zero-order valence-electron chi connectivity index (χ0n) is 13.5. The van der Waals surface area contributed by atoms with Crippen molar-refractivity contribution in [2.75, 3.05) is 13.2 Å². The molecule has 0 aromatic heterocycles. The third kappa shape index (κ3) is 4.64. The lowest BCUT2D eigenvalue weighted by Gasteiger charge is -2.16. The third-order valence-corrected chi connectivity index (χ3v) is 3.97. The van der Waals surface area contributed by atoms with Crippen LogP contribution in [0.25, 0.3) is 10.8 Å². The minimum atomic E-state index is -3.00. The first kappa shape index (κ1) is 18.1. The van der Waals surface area contributed by atoms with E-state index in [0.29, 0.717) is 13.0 Å². The van der Waals surface area contributed by atoms with Crippen molar-refractivity contribution in [3.8, 4) is 5.75 Å². The van der Waals surface area contributed by atoms with Gasteiger partial charge in [-0.15, -0.1) is 0 Å². The van der Waals surface area contributed by atoms with Gasteiger partial charge in [-0.25, -0.2) is 0 Å². The van der Waals surface area contributed by atoms with Crippen molar-refractivity contribution in [2.45, 2.75) is 26.4 Å². The molecule has 0 aliphatic heterocycles. The highest BCUT2D eigenvalue weighted by molar-refractivity contribution is 6.01. The molecule has 2 aromatic rings. The van der Waals surface area contributed by atoms with Crippen LogP contribution < -0.4 is 10.1 Å². The van der Waals surface area contributed by atoms with E-state index in [1.165, 1.54) is 6.07 Å². The van der Waals surface area contributed by atoms with E-state index >= 15 is 0 Å². The van der Waals surface area contributed by atoms with Gasteiger partial charge < -0.3 is 15.2 Å². The summed E-state index contributed by atoms with van der Waals surface area (Å²) in [5.74, 6) is -0.469. The highest BCUT2D eigenvalue weighted by atomic mass is 19.3. The van der Waals surface area contributed by atoms with Gasteiger partial charge in [-0.3, -0.25) is 4.79 Å². The summed E-state index contributed by atoms with van der Waals surface area (Å²) in [4.78, 5) is 12.4. The van der Waals surface area contributed by atoms with Crippen LogP contribution in [0.2, 0.25) is 0 Å². The van der Waals surface area contributed by atoms with Gasteiger partial charge in [0.05, 0.1) is 5.56 Å². The highest BCUT2D eigenvalue weighted by Crippen LogP contribution is 2.27. The molecule has 0 spiro atoms. The van der Waals surface area contributed by atoms with Crippen LogP contribution in [-0.2, 0) is 0 Å². The minimum Gasteiger partial charge on any atom is -0.434 e. The molecule has 0 fully saturated rings. The number of rotatable bonds is 8. The molecule has 0 radical (unpaired) electrons. The van der Waals surface area contributed by atoms with Crippen LogP contribution in [0, 0.1) is 5.92 Å². The largest absolute Gasteiger partial charge is 0.434 e. The molecule has 0 aliphatic carbocycles. The molecule has 1 amide bonds. The quantitative estimate of drug-likeness (QED) is 0.774. The highest BCUT2D eigenvalue weighted by Gasteiger charge is 2.18. The van der Waals surface area contributed by atoms with E-state index in [0.717, 1.165) is 17.2 Å². The van der Waals surface area contributed by atoms with Crippen molar-refractivity contribution in [1.82, 2.24) is 5.32 Å². The van der Waals surface area contributed by atoms with Crippen molar-refractivity contribution in [1.29, 1.82) is 0 Å². The van der Waals surface area contributed by atoms with Crippen molar-refractivity contribution in [3.05, 3.63) is 42.0 Å². The number of aliphatic hydroxyl groups is 1. The molecule has 24 heavy (non-hydrogen) atoms. The molecule has 2 N–H and O–H groups in total. The summed E-state index contributed by atoms with van der Waals surface area (Å²) in [6.07, 6.45) is 1.38. The van der Waals surface area contributed by atoms with Gasteiger partial charge in [0.1, 0.15) is 5.75 Å². The van der Waals surface area contributed by atoms with Gasteiger partial charge in [-0.05, 0) is 35.2 Å². The number of hydrogen-bond acceptors (Lipinski definition) is 3. The Kier molecular flexibility index (Phi) is 6.49. The average Bonchev–Trinajstić information content (AvgIpc) is 2.57. The second kappa shape index (κ2) is 8.59. The second-order valence-corrected chi connectivity index (χ2v) is 5.57. The number of fused-ring (bicyclic) bond motifs is 1. The SMILES string of the molecule is CCC(CCO)CNC(=O)c1cc2ccccc2cc1OC(F)F. The molecule has 0 saturated heterocycles. The van der Waals surface area contributed by atoms with E-state index in [1.54, 1.807) is 24.3 Å². The number of benzene rings is 2. The standard InChI is InChI=1S/C18H21F2NO3/c1-2-12(7-8-22)11-21-17(23)15-9-13-5-3-4-6-14(13)10-16(15)24-18(19)20/h3-6,9-10,12,18,22H,2,7-8,11H2,1H3,(H,21,23). The number of aliphatic hydroxyl groups excluding tert-OH is 1.